The molecule has 0 atom stereocenters. The fourth-order valence-corrected chi connectivity index (χ4v) is 2.45. The molecule has 0 saturated carbocycles. The van der Waals surface area contributed by atoms with E-state index in [4.69, 9.17) is 5.11 Å². The largest absolute Gasteiger partial charge is 0.476 e. The summed E-state index contributed by atoms with van der Waals surface area (Å²) in [6, 6.07) is 0. The Labute approximate surface area is 122 Å². The average Bonchev–Trinajstić information content (AvgIpc) is 2.90. The summed E-state index contributed by atoms with van der Waals surface area (Å²) in [5, 5.41) is 19.2. The minimum Gasteiger partial charge on any atom is -0.476 e. The molecule has 0 spiro atoms. The van der Waals surface area contributed by atoms with Gasteiger partial charge in [-0.15, -0.1) is 12.4 Å². The van der Waals surface area contributed by atoms with Crippen LogP contribution in [0.1, 0.15) is 21.7 Å². The lowest BCUT2D eigenvalue weighted by Crippen LogP contribution is -2.20. The Kier molecular flexibility index (Phi) is 3.70. The van der Waals surface area contributed by atoms with Gasteiger partial charge in [-0.3, -0.25) is 9.78 Å². The number of nitrogens with zero attached hydrogens (tertiary/aromatic N) is 3. The maximum atomic E-state index is 12.6. The normalized spacial score (nSPS) is 13.3. The topological polar surface area (TPSA) is 83.8 Å². The van der Waals surface area contributed by atoms with Crippen molar-refractivity contribution in [2.75, 3.05) is 0 Å². The summed E-state index contributed by atoms with van der Waals surface area (Å²) in [5.74, 6) is -1.32. The first kappa shape index (κ1) is 15.4. The van der Waals surface area contributed by atoms with E-state index < -0.39 is 18.7 Å². The van der Waals surface area contributed by atoms with Crippen molar-refractivity contribution in [2.24, 2.45) is 0 Å². The summed E-state index contributed by atoms with van der Waals surface area (Å²) in [6.45, 7) is -1.33. The monoisotopic (exact) mass is 322 g/mol. The summed E-state index contributed by atoms with van der Waals surface area (Å²) in [4.78, 5) is 11.1. The molecule has 0 saturated heterocycles. The number of carboxylic acid groups (broad SMARTS) is 1. The highest BCUT2D eigenvalue weighted by Crippen LogP contribution is 2.35. The minimum atomic E-state index is -4.48. The number of carboxylic acids is 1. The molecule has 2 N–H and O–H groups in total. The van der Waals surface area contributed by atoms with E-state index in [9.17, 15) is 18.0 Å². The number of aryl methyl sites for hydroxylation is 1. The quantitative estimate of drug-likeness (QED) is 0.886. The van der Waals surface area contributed by atoms with Gasteiger partial charge in [0, 0.05) is 16.8 Å². The molecule has 1 aliphatic carbocycles. The highest BCUT2D eigenvalue weighted by Gasteiger charge is 2.35. The third-order valence-corrected chi connectivity index (χ3v) is 3.18. The fourth-order valence-electron chi connectivity index (χ4n) is 2.45. The molecule has 0 unspecified atom stereocenters. The van der Waals surface area contributed by atoms with Crippen molar-refractivity contribution in [1.82, 2.24) is 20.0 Å². The number of hydrogen-bond donors (Lipinski definition) is 2. The van der Waals surface area contributed by atoms with E-state index in [0.29, 0.717) is 34.3 Å². The van der Waals surface area contributed by atoms with Crippen molar-refractivity contribution in [3.8, 4) is 11.3 Å². The summed E-state index contributed by atoms with van der Waals surface area (Å²) < 4.78 is 38.5. The van der Waals surface area contributed by atoms with Crippen molar-refractivity contribution in [2.45, 2.75) is 25.6 Å². The number of carbonyl (C=O) groups is 1. The fraction of sp³-hybridized carbons (Fsp3) is 0.364. The molecule has 2 heterocycles. The number of aromatic nitrogens is 4. The van der Waals surface area contributed by atoms with Gasteiger partial charge in [-0.1, -0.05) is 0 Å². The lowest BCUT2D eigenvalue weighted by Gasteiger charge is -2.15. The van der Waals surface area contributed by atoms with E-state index in [1.165, 1.54) is 6.20 Å². The van der Waals surface area contributed by atoms with Crippen LogP contribution < -0.4 is 0 Å². The predicted molar refractivity (Wildman–Crippen MR) is 67.5 cm³/mol. The third kappa shape index (κ3) is 2.60. The van der Waals surface area contributed by atoms with Crippen molar-refractivity contribution in [1.29, 1.82) is 0 Å². The third-order valence-electron chi connectivity index (χ3n) is 3.18. The zero-order chi connectivity index (χ0) is 14.5. The second-order valence-corrected chi connectivity index (χ2v) is 4.52. The second-order valence-electron chi connectivity index (χ2n) is 4.52. The average molecular weight is 323 g/mol. The highest BCUT2D eigenvalue weighted by molar-refractivity contribution is 5.90. The molecule has 2 aromatic heterocycles. The van der Waals surface area contributed by atoms with Crippen LogP contribution in [0.15, 0.2) is 6.20 Å². The SMILES string of the molecule is Cl.O=C(O)c1nn(CC(F)(F)F)c2c1CCc1[nH]ncc1-2. The van der Waals surface area contributed by atoms with E-state index in [2.05, 4.69) is 15.3 Å². The van der Waals surface area contributed by atoms with Crippen LogP contribution in [0.25, 0.3) is 11.3 Å². The van der Waals surface area contributed by atoms with Crippen molar-refractivity contribution < 1.29 is 23.1 Å². The Balaban J connectivity index is 0.00000161. The van der Waals surface area contributed by atoms with Gasteiger partial charge in [-0.25, -0.2) is 4.79 Å². The molecule has 0 amide bonds. The van der Waals surface area contributed by atoms with Gasteiger partial charge in [0.2, 0.25) is 0 Å². The molecule has 1 aliphatic rings. The van der Waals surface area contributed by atoms with E-state index in [-0.39, 0.29) is 23.8 Å². The van der Waals surface area contributed by atoms with Crippen molar-refractivity contribution in [3.05, 3.63) is 23.1 Å². The number of rotatable bonds is 2. The summed E-state index contributed by atoms with van der Waals surface area (Å²) in [5.41, 5.74) is 1.37. The van der Waals surface area contributed by atoms with Gasteiger partial charge >= 0.3 is 12.1 Å². The molecule has 0 radical (unpaired) electrons. The molecule has 2 aromatic rings. The van der Waals surface area contributed by atoms with Gasteiger partial charge in [0.1, 0.15) is 6.54 Å². The number of aromatic carboxylic acids is 1. The molecular formula is C11H10ClF3N4O2. The van der Waals surface area contributed by atoms with E-state index in [1.54, 1.807) is 0 Å². The van der Waals surface area contributed by atoms with Gasteiger partial charge in [-0.2, -0.15) is 23.4 Å². The maximum absolute atomic E-state index is 12.6. The Morgan fingerprint density at radius 1 is 1.43 bits per heavy atom. The van der Waals surface area contributed by atoms with Crippen LogP contribution in [0.3, 0.4) is 0 Å². The molecular weight excluding hydrogens is 313 g/mol. The van der Waals surface area contributed by atoms with Crippen LogP contribution in [-0.2, 0) is 19.4 Å². The lowest BCUT2D eigenvalue weighted by atomic mass is 9.94. The van der Waals surface area contributed by atoms with Gasteiger partial charge in [0.15, 0.2) is 5.69 Å². The Morgan fingerprint density at radius 2 is 2.14 bits per heavy atom. The van der Waals surface area contributed by atoms with Crippen LogP contribution in [0.4, 0.5) is 13.2 Å². The van der Waals surface area contributed by atoms with Gasteiger partial charge in [0.25, 0.3) is 0 Å². The van der Waals surface area contributed by atoms with Crippen LogP contribution in [0, 0.1) is 0 Å². The number of nitrogens with one attached hydrogen (secondary N) is 1. The molecule has 0 aliphatic heterocycles. The van der Waals surface area contributed by atoms with Crippen LogP contribution in [-0.4, -0.2) is 37.2 Å². The maximum Gasteiger partial charge on any atom is 0.408 e. The Morgan fingerprint density at radius 3 is 2.76 bits per heavy atom. The van der Waals surface area contributed by atoms with E-state index >= 15 is 0 Å². The smallest absolute Gasteiger partial charge is 0.408 e. The summed E-state index contributed by atoms with van der Waals surface area (Å²) in [6.07, 6.45) is -2.26. The molecule has 114 valence electrons. The van der Waals surface area contributed by atoms with E-state index in [0.717, 1.165) is 0 Å². The standard InChI is InChI=1S/C11H9F3N4O2.ClH/c12-11(13,14)4-18-9-5(8(17-18)10(19)20)1-2-7-6(9)3-15-16-7;/h3H,1-2,4H2,(H,15,16)(H,19,20);1H. The number of H-pyrrole nitrogens is 1. The first-order chi connectivity index (χ1) is 9.37. The van der Waals surface area contributed by atoms with Crippen LogP contribution >= 0.6 is 12.4 Å². The first-order valence-electron chi connectivity index (χ1n) is 5.79. The lowest BCUT2D eigenvalue weighted by molar-refractivity contribution is -0.142. The Bertz CT molecular complexity index is 692. The zero-order valence-corrected chi connectivity index (χ0v) is 11.3. The summed E-state index contributed by atoms with van der Waals surface area (Å²) >= 11 is 0. The Hall–Kier alpha value is -2.03. The molecule has 0 aromatic carbocycles. The minimum absolute atomic E-state index is 0. The van der Waals surface area contributed by atoms with Crippen molar-refractivity contribution in [3.63, 3.8) is 0 Å². The zero-order valence-electron chi connectivity index (χ0n) is 10.4. The van der Waals surface area contributed by atoms with Crippen LogP contribution in [0.2, 0.25) is 0 Å². The number of halogens is 4. The molecule has 3 rings (SSSR count). The number of fused-ring (bicyclic) bond motifs is 3. The summed E-state index contributed by atoms with van der Waals surface area (Å²) in [7, 11) is 0. The predicted octanol–water partition coefficient (Wildman–Crippen LogP) is 2.05. The van der Waals surface area contributed by atoms with Crippen LogP contribution in [0.5, 0.6) is 0 Å². The molecule has 10 heteroatoms. The molecule has 0 fully saturated rings. The number of alkyl halides is 3. The van der Waals surface area contributed by atoms with E-state index in [1.807, 2.05) is 0 Å². The van der Waals surface area contributed by atoms with Gasteiger partial charge < -0.3 is 5.11 Å². The number of aromatic amines is 1. The number of hydrogen-bond acceptors (Lipinski definition) is 3. The highest BCUT2D eigenvalue weighted by atomic mass is 35.5. The molecule has 0 bridgehead atoms. The van der Waals surface area contributed by atoms with Gasteiger partial charge in [0.05, 0.1) is 11.9 Å². The second kappa shape index (κ2) is 5.06. The molecule has 6 nitrogen and oxygen atoms in total. The van der Waals surface area contributed by atoms with Crippen molar-refractivity contribution >= 4 is 18.4 Å². The first-order valence-corrected chi connectivity index (χ1v) is 5.79. The molecule has 21 heavy (non-hydrogen) atoms. The van der Waals surface area contributed by atoms with Gasteiger partial charge in [-0.05, 0) is 12.8 Å².